The van der Waals surface area contributed by atoms with E-state index in [2.05, 4.69) is 20.8 Å². The molecule has 2 aliphatic heterocycles. The third kappa shape index (κ3) is 3.59. The summed E-state index contributed by atoms with van der Waals surface area (Å²) in [5, 5.41) is 13.3. The minimum atomic E-state index is -0.167. The van der Waals surface area contributed by atoms with Crippen LogP contribution in [0.2, 0.25) is 0 Å². The van der Waals surface area contributed by atoms with E-state index in [0.717, 1.165) is 48.4 Å². The molecule has 138 valence electrons. The molecule has 0 spiro atoms. The Morgan fingerprint density at radius 1 is 1.23 bits per heavy atom. The van der Waals surface area contributed by atoms with E-state index in [1.165, 1.54) is 0 Å². The Labute approximate surface area is 157 Å². The number of nitrogens with one attached hydrogen (secondary N) is 3. The van der Waals surface area contributed by atoms with Crippen molar-refractivity contribution in [2.24, 2.45) is 0 Å². The minimum Gasteiger partial charge on any atom is -0.347 e. The average molecular weight is 376 g/mol. The van der Waals surface area contributed by atoms with Crippen molar-refractivity contribution < 1.29 is 9.59 Å². The number of H-pyrrole nitrogens is 1. The topological polar surface area (TPSA) is 90.1 Å². The Kier molecular flexibility index (Phi) is 5.58. The number of fused-ring (bicyclic) bond motifs is 1. The number of amides is 2. The summed E-state index contributed by atoms with van der Waals surface area (Å²) in [6, 6.07) is 7.77. The maximum absolute atomic E-state index is 12.4. The van der Waals surface area contributed by atoms with Crippen molar-refractivity contribution in [3.8, 4) is 0 Å². The molecule has 1 fully saturated rings. The van der Waals surface area contributed by atoms with E-state index in [1.54, 1.807) is 0 Å². The number of halogens is 1. The van der Waals surface area contributed by atoms with Gasteiger partial charge in [0.2, 0.25) is 5.91 Å². The summed E-state index contributed by atoms with van der Waals surface area (Å²) < 4.78 is 0. The van der Waals surface area contributed by atoms with Gasteiger partial charge in [0, 0.05) is 56.0 Å². The number of rotatable bonds is 4. The highest BCUT2D eigenvalue weighted by molar-refractivity contribution is 5.95. The van der Waals surface area contributed by atoms with Gasteiger partial charge in [0.25, 0.3) is 5.91 Å². The van der Waals surface area contributed by atoms with E-state index in [-0.39, 0.29) is 24.2 Å². The molecule has 1 aromatic carbocycles. The van der Waals surface area contributed by atoms with E-state index in [4.69, 9.17) is 0 Å². The van der Waals surface area contributed by atoms with Gasteiger partial charge in [0.1, 0.15) is 0 Å². The molecule has 2 amide bonds. The molecule has 1 aromatic heterocycles. The monoisotopic (exact) mass is 375 g/mol. The predicted octanol–water partition coefficient (Wildman–Crippen LogP) is 1.53. The molecule has 0 bridgehead atoms. The number of aromatic amines is 1. The SMILES string of the molecule is Cl.O=C(NCc1ccc(N2CCCC2=O)cc1)c1n[nH]c2c1CNCC2. The highest BCUT2D eigenvalue weighted by Crippen LogP contribution is 2.21. The molecule has 2 aromatic rings. The maximum atomic E-state index is 12.4. The van der Waals surface area contributed by atoms with Crippen LogP contribution in [0.4, 0.5) is 5.69 Å². The predicted molar refractivity (Wildman–Crippen MR) is 100 cm³/mol. The first-order valence-electron chi connectivity index (χ1n) is 8.67. The van der Waals surface area contributed by atoms with Gasteiger partial charge in [-0.05, 0) is 24.1 Å². The van der Waals surface area contributed by atoms with E-state index >= 15 is 0 Å². The normalized spacial score (nSPS) is 16.2. The van der Waals surface area contributed by atoms with Crippen LogP contribution in [0.25, 0.3) is 0 Å². The van der Waals surface area contributed by atoms with E-state index in [9.17, 15) is 9.59 Å². The number of nitrogens with zero attached hydrogens (tertiary/aromatic N) is 2. The van der Waals surface area contributed by atoms with Crippen molar-refractivity contribution in [1.29, 1.82) is 0 Å². The van der Waals surface area contributed by atoms with Crippen LogP contribution in [-0.2, 0) is 24.3 Å². The van der Waals surface area contributed by atoms with Crippen LogP contribution in [0.3, 0.4) is 0 Å². The van der Waals surface area contributed by atoms with Crippen LogP contribution in [0.5, 0.6) is 0 Å². The number of carbonyl (C=O) groups excluding carboxylic acids is 2. The van der Waals surface area contributed by atoms with Crippen LogP contribution in [-0.4, -0.2) is 35.1 Å². The van der Waals surface area contributed by atoms with Gasteiger partial charge < -0.3 is 15.5 Å². The molecule has 26 heavy (non-hydrogen) atoms. The highest BCUT2D eigenvalue weighted by Gasteiger charge is 2.22. The molecule has 0 radical (unpaired) electrons. The van der Waals surface area contributed by atoms with Gasteiger partial charge in [-0.1, -0.05) is 12.1 Å². The van der Waals surface area contributed by atoms with E-state index in [1.807, 2.05) is 29.2 Å². The van der Waals surface area contributed by atoms with Crippen LogP contribution in [0.15, 0.2) is 24.3 Å². The van der Waals surface area contributed by atoms with Crippen LogP contribution < -0.4 is 15.5 Å². The lowest BCUT2D eigenvalue weighted by Gasteiger charge is -2.16. The number of hydrogen-bond donors (Lipinski definition) is 3. The van der Waals surface area contributed by atoms with Crippen molar-refractivity contribution in [3.05, 3.63) is 46.8 Å². The van der Waals surface area contributed by atoms with E-state index in [0.29, 0.717) is 25.2 Å². The molecule has 0 saturated carbocycles. The summed E-state index contributed by atoms with van der Waals surface area (Å²) in [6.45, 7) is 2.80. The molecule has 0 unspecified atom stereocenters. The third-order valence-corrected chi connectivity index (χ3v) is 4.80. The second kappa shape index (κ2) is 7.88. The summed E-state index contributed by atoms with van der Waals surface area (Å²) in [5.74, 6) is 0.0120. The number of aromatic nitrogens is 2. The lowest BCUT2D eigenvalue weighted by Crippen LogP contribution is -2.28. The summed E-state index contributed by atoms with van der Waals surface area (Å²) in [4.78, 5) is 26.0. The smallest absolute Gasteiger partial charge is 0.272 e. The zero-order valence-electron chi connectivity index (χ0n) is 14.4. The fourth-order valence-corrected chi connectivity index (χ4v) is 3.39. The molecule has 0 aliphatic carbocycles. The molecule has 2 aliphatic rings. The quantitative estimate of drug-likeness (QED) is 0.756. The van der Waals surface area contributed by atoms with Gasteiger partial charge in [-0.25, -0.2) is 0 Å². The van der Waals surface area contributed by atoms with Crippen molar-refractivity contribution in [2.45, 2.75) is 32.4 Å². The fraction of sp³-hybridized carbons (Fsp3) is 0.389. The van der Waals surface area contributed by atoms with E-state index < -0.39 is 0 Å². The highest BCUT2D eigenvalue weighted by atomic mass is 35.5. The average Bonchev–Trinajstić information content (AvgIpc) is 3.26. The van der Waals surface area contributed by atoms with Gasteiger partial charge in [-0.15, -0.1) is 12.4 Å². The summed E-state index contributed by atoms with van der Waals surface area (Å²) in [7, 11) is 0. The Hall–Kier alpha value is -2.38. The molecule has 8 heteroatoms. The third-order valence-electron chi connectivity index (χ3n) is 4.80. The number of benzene rings is 1. The Balaban J connectivity index is 0.00000196. The fourth-order valence-electron chi connectivity index (χ4n) is 3.39. The first-order chi connectivity index (χ1) is 12.2. The molecule has 3 N–H and O–H groups in total. The van der Waals surface area contributed by atoms with Crippen molar-refractivity contribution >= 4 is 29.9 Å². The second-order valence-corrected chi connectivity index (χ2v) is 6.45. The number of anilines is 1. The Bertz CT molecular complexity index is 802. The van der Waals surface area contributed by atoms with Crippen molar-refractivity contribution in [1.82, 2.24) is 20.8 Å². The Morgan fingerprint density at radius 2 is 2.04 bits per heavy atom. The summed E-state index contributed by atoms with van der Waals surface area (Å²) >= 11 is 0. The first kappa shape index (κ1) is 18.4. The largest absolute Gasteiger partial charge is 0.347 e. The van der Waals surface area contributed by atoms with Crippen molar-refractivity contribution in [3.63, 3.8) is 0 Å². The second-order valence-electron chi connectivity index (χ2n) is 6.45. The minimum absolute atomic E-state index is 0. The Morgan fingerprint density at radius 3 is 2.77 bits per heavy atom. The molecular formula is C18H22ClN5O2. The lowest BCUT2D eigenvalue weighted by atomic mass is 10.1. The molecule has 3 heterocycles. The summed E-state index contributed by atoms with van der Waals surface area (Å²) in [5.41, 5.74) is 4.40. The van der Waals surface area contributed by atoms with Crippen LogP contribution >= 0.6 is 12.4 Å². The van der Waals surface area contributed by atoms with Gasteiger partial charge >= 0.3 is 0 Å². The van der Waals surface area contributed by atoms with Crippen LogP contribution in [0, 0.1) is 0 Å². The van der Waals surface area contributed by atoms with Gasteiger partial charge in [0.15, 0.2) is 5.69 Å². The molecule has 0 atom stereocenters. The van der Waals surface area contributed by atoms with Crippen LogP contribution in [0.1, 0.15) is 40.2 Å². The van der Waals surface area contributed by atoms with Gasteiger partial charge in [0.05, 0.1) is 0 Å². The summed E-state index contributed by atoms with van der Waals surface area (Å²) in [6.07, 6.45) is 2.41. The van der Waals surface area contributed by atoms with Gasteiger partial charge in [-0.2, -0.15) is 5.10 Å². The standard InChI is InChI=1S/C18H21N5O2.ClH/c24-16-2-1-9-23(16)13-5-3-12(4-6-13)10-20-18(25)17-14-11-19-8-7-15(14)21-22-17;/h3-6,19H,1-2,7-11H2,(H,20,25)(H,21,22);1H. The lowest BCUT2D eigenvalue weighted by molar-refractivity contribution is -0.117. The molecule has 4 rings (SSSR count). The maximum Gasteiger partial charge on any atom is 0.272 e. The molecule has 1 saturated heterocycles. The molecular weight excluding hydrogens is 354 g/mol. The zero-order valence-corrected chi connectivity index (χ0v) is 15.2. The molecule has 7 nitrogen and oxygen atoms in total. The number of hydrogen-bond acceptors (Lipinski definition) is 4. The number of carbonyl (C=O) groups is 2. The van der Waals surface area contributed by atoms with Gasteiger partial charge in [-0.3, -0.25) is 14.7 Å². The zero-order chi connectivity index (χ0) is 17.2. The first-order valence-corrected chi connectivity index (χ1v) is 8.67. The van der Waals surface area contributed by atoms with Crippen molar-refractivity contribution in [2.75, 3.05) is 18.0 Å².